The molecule has 2 N–H and O–H groups in total. The van der Waals surface area contributed by atoms with Crippen LogP contribution in [0, 0.1) is 5.82 Å². The fourth-order valence-corrected chi connectivity index (χ4v) is 2.59. The minimum Gasteiger partial charge on any atom is -0.336 e. The highest BCUT2D eigenvalue weighted by Gasteiger charge is 2.13. The number of hydrogen-bond acceptors (Lipinski definition) is 2. The quantitative estimate of drug-likeness (QED) is 0.554. The molecule has 98 valence electrons. The van der Waals surface area contributed by atoms with Gasteiger partial charge in [-0.15, -0.1) is 0 Å². The first-order valence-corrected chi connectivity index (χ1v) is 6.80. The number of aromatic amines is 2. The van der Waals surface area contributed by atoms with Crippen LogP contribution in [0.2, 0.25) is 0 Å². The van der Waals surface area contributed by atoms with Crippen LogP contribution in [0.3, 0.4) is 0 Å². The van der Waals surface area contributed by atoms with E-state index in [1.807, 2.05) is 24.3 Å². The Labute approximate surface area is 121 Å². The van der Waals surface area contributed by atoms with Crippen LogP contribution < -0.4 is 0 Å². The maximum atomic E-state index is 13.5. The third kappa shape index (κ3) is 1.65. The lowest BCUT2D eigenvalue weighted by atomic mass is 10.2. The summed E-state index contributed by atoms with van der Waals surface area (Å²) in [5.74, 6) is 0.300. The number of hydrogen-bond donors (Lipinski definition) is 2. The number of aromatic nitrogens is 4. The van der Waals surface area contributed by atoms with Gasteiger partial charge in [0, 0.05) is 11.5 Å². The first kappa shape index (κ1) is 11.6. The van der Waals surface area contributed by atoms with Gasteiger partial charge in [-0.3, -0.25) is 5.10 Å². The van der Waals surface area contributed by atoms with Gasteiger partial charge in [0.15, 0.2) is 5.82 Å². The zero-order valence-electron chi connectivity index (χ0n) is 10.1. The van der Waals surface area contributed by atoms with E-state index >= 15 is 0 Å². The van der Waals surface area contributed by atoms with E-state index in [-0.39, 0.29) is 5.82 Å². The van der Waals surface area contributed by atoms with Crippen molar-refractivity contribution in [2.75, 3.05) is 0 Å². The molecule has 0 spiro atoms. The van der Waals surface area contributed by atoms with Crippen molar-refractivity contribution in [3.05, 3.63) is 46.7 Å². The highest BCUT2D eigenvalue weighted by Crippen LogP contribution is 2.28. The summed E-state index contributed by atoms with van der Waals surface area (Å²) in [7, 11) is 0. The van der Waals surface area contributed by atoms with Gasteiger partial charge in [-0.2, -0.15) is 5.10 Å². The molecule has 0 aliphatic heterocycles. The van der Waals surface area contributed by atoms with Crippen molar-refractivity contribution >= 4 is 37.9 Å². The Morgan fingerprint density at radius 1 is 1.10 bits per heavy atom. The number of H-pyrrole nitrogens is 2. The van der Waals surface area contributed by atoms with Crippen molar-refractivity contribution in [1.29, 1.82) is 0 Å². The largest absolute Gasteiger partial charge is 0.336 e. The van der Waals surface area contributed by atoms with Crippen LogP contribution in [0.25, 0.3) is 33.5 Å². The van der Waals surface area contributed by atoms with Crippen molar-refractivity contribution in [1.82, 2.24) is 20.2 Å². The first-order valence-electron chi connectivity index (χ1n) is 6.00. The molecule has 0 radical (unpaired) electrons. The average molecular weight is 331 g/mol. The Morgan fingerprint density at radius 2 is 1.95 bits per heavy atom. The van der Waals surface area contributed by atoms with Crippen LogP contribution in [0.5, 0.6) is 0 Å². The number of para-hydroxylation sites is 1. The fraction of sp³-hybridized carbons (Fsp3) is 0. The lowest BCUT2D eigenvalue weighted by molar-refractivity contribution is 0.623. The third-order valence-corrected chi connectivity index (χ3v) is 3.83. The number of fused-ring (bicyclic) bond motifs is 2. The molecule has 2 aromatic carbocycles. The lowest BCUT2D eigenvalue weighted by Gasteiger charge is -1.92. The van der Waals surface area contributed by atoms with E-state index in [2.05, 4.69) is 36.1 Å². The predicted octanol–water partition coefficient (Wildman–Crippen LogP) is 4.01. The van der Waals surface area contributed by atoms with Gasteiger partial charge < -0.3 is 4.98 Å². The first-order chi connectivity index (χ1) is 9.72. The summed E-state index contributed by atoms with van der Waals surface area (Å²) < 4.78 is 13.9. The maximum Gasteiger partial charge on any atom is 0.159 e. The number of nitrogens with one attached hydrogen (secondary N) is 2. The minimum atomic E-state index is -0.320. The van der Waals surface area contributed by atoms with E-state index in [4.69, 9.17) is 0 Å². The molecule has 0 amide bonds. The van der Waals surface area contributed by atoms with Crippen molar-refractivity contribution in [3.8, 4) is 11.5 Å². The number of imidazole rings is 1. The molecule has 0 saturated carbocycles. The fourth-order valence-electron chi connectivity index (χ4n) is 2.26. The molecular weight excluding hydrogens is 323 g/mol. The molecule has 4 aromatic rings. The van der Waals surface area contributed by atoms with Crippen LogP contribution in [0.1, 0.15) is 0 Å². The molecule has 0 unspecified atom stereocenters. The van der Waals surface area contributed by atoms with E-state index < -0.39 is 0 Å². The van der Waals surface area contributed by atoms with E-state index in [9.17, 15) is 4.39 Å². The molecule has 0 aliphatic rings. The van der Waals surface area contributed by atoms with Crippen molar-refractivity contribution in [3.63, 3.8) is 0 Å². The van der Waals surface area contributed by atoms with E-state index in [1.54, 1.807) is 6.07 Å². The lowest BCUT2D eigenvalue weighted by Crippen LogP contribution is -1.80. The van der Waals surface area contributed by atoms with Gasteiger partial charge in [0.05, 0.1) is 21.0 Å². The second-order valence-corrected chi connectivity index (χ2v) is 5.34. The van der Waals surface area contributed by atoms with Crippen molar-refractivity contribution < 1.29 is 4.39 Å². The summed E-state index contributed by atoms with van der Waals surface area (Å²) in [6.07, 6.45) is 0. The van der Waals surface area contributed by atoms with Crippen LogP contribution in [-0.4, -0.2) is 20.2 Å². The Bertz CT molecular complexity index is 902. The number of nitrogens with zero attached hydrogens (tertiary/aromatic N) is 2. The van der Waals surface area contributed by atoms with Gasteiger partial charge in [0.25, 0.3) is 0 Å². The molecule has 0 aliphatic carbocycles. The smallest absolute Gasteiger partial charge is 0.159 e. The Kier molecular flexibility index (Phi) is 2.40. The van der Waals surface area contributed by atoms with Crippen LogP contribution in [-0.2, 0) is 0 Å². The Balaban J connectivity index is 1.98. The summed E-state index contributed by atoms with van der Waals surface area (Å²) in [6, 6.07) is 10.9. The Morgan fingerprint density at radius 3 is 2.85 bits per heavy atom. The SMILES string of the molecule is Fc1cc2[nH]c(-c3n[nH]c4ccccc34)nc2cc1Br. The highest BCUT2D eigenvalue weighted by molar-refractivity contribution is 9.10. The second-order valence-electron chi connectivity index (χ2n) is 4.49. The van der Waals surface area contributed by atoms with Crippen LogP contribution in [0.15, 0.2) is 40.9 Å². The summed E-state index contributed by atoms with van der Waals surface area (Å²) in [6.45, 7) is 0. The summed E-state index contributed by atoms with van der Waals surface area (Å²) in [4.78, 5) is 7.58. The minimum absolute atomic E-state index is 0.320. The van der Waals surface area contributed by atoms with Crippen molar-refractivity contribution in [2.24, 2.45) is 0 Å². The standard InChI is InChI=1S/C14H8BrFN4/c15-8-5-11-12(6-9(8)16)18-14(17-11)13-7-3-1-2-4-10(7)19-20-13/h1-6H,(H,17,18)(H,19,20). The maximum absolute atomic E-state index is 13.5. The van der Waals surface area contributed by atoms with E-state index in [1.165, 1.54) is 6.07 Å². The zero-order valence-corrected chi connectivity index (χ0v) is 11.7. The third-order valence-electron chi connectivity index (χ3n) is 3.22. The summed E-state index contributed by atoms with van der Waals surface area (Å²) in [5, 5.41) is 8.22. The predicted molar refractivity (Wildman–Crippen MR) is 78.8 cm³/mol. The van der Waals surface area contributed by atoms with Crippen molar-refractivity contribution in [2.45, 2.75) is 0 Å². The summed E-state index contributed by atoms with van der Waals surface area (Å²) >= 11 is 3.16. The molecule has 2 heterocycles. The highest BCUT2D eigenvalue weighted by atomic mass is 79.9. The number of halogens is 2. The molecule has 4 rings (SSSR count). The monoisotopic (exact) mass is 330 g/mol. The van der Waals surface area contributed by atoms with Gasteiger partial charge in [-0.05, 0) is 28.1 Å². The average Bonchev–Trinajstić information content (AvgIpc) is 3.02. The molecule has 0 bridgehead atoms. The molecule has 2 aromatic heterocycles. The van der Waals surface area contributed by atoms with E-state index in [0.29, 0.717) is 21.3 Å². The molecule has 20 heavy (non-hydrogen) atoms. The topological polar surface area (TPSA) is 57.4 Å². The molecule has 6 heteroatoms. The summed E-state index contributed by atoms with van der Waals surface area (Å²) in [5.41, 5.74) is 3.01. The molecule has 4 nitrogen and oxygen atoms in total. The van der Waals surface area contributed by atoms with Gasteiger partial charge in [-0.25, -0.2) is 9.37 Å². The molecule has 0 atom stereocenters. The number of benzene rings is 2. The molecule has 0 fully saturated rings. The molecular formula is C14H8BrFN4. The van der Waals surface area contributed by atoms with Crippen LogP contribution in [0.4, 0.5) is 4.39 Å². The Hall–Kier alpha value is -2.21. The van der Waals surface area contributed by atoms with Crippen LogP contribution >= 0.6 is 15.9 Å². The van der Waals surface area contributed by atoms with Gasteiger partial charge >= 0.3 is 0 Å². The van der Waals surface area contributed by atoms with Gasteiger partial charge in [0.1, 0.15) is 11.5 Å². The normalized spacial score (nSPS) is 11.5. The van der Waals surface area contributed by atoms with E-state index in [0.717, 1.165) is 16.6 Å². The second kappa shape index (κ2) is 4.14. The number of rotatable bonds is 1. The van der Waals surface area contributed by atoms with Gasteiger partial charge in [-0.1, -0.05) is 18.2 Å². The van der Waals surface area contributed by atoms with Gasteiger partial charge in [0.2, 0.25) is 0 Å². The zero-order chi connectivity index (χ0) is 13.7. The molecule has 0 saturated heterocycles.